The van der Waals surface area contributed by atoms with Crippen LogP contribution in [0.2, 0.25) is 0 Å². The first-order chi connectivity index (χ1) is 14.5. The van der Waals surface area contributed by atoms with Crippen LogP contribution in [0.4, 0.5) is 0 Å². The summed E-state index contributed by atoms with van der Waals surface area (Å²) in [6, 6.07) is 14.5. The van der Waals surface area contributed by atoms with Gasteiger partial charge in [0.25, 0.3) is 0 Å². The van der Waals surface area contributed by atoms with Crippen molar-refractivity contribution < 1.29 is 58.9 Å². The van der Waals surface area contributed by atoms with E-state index < -0.39 is 0 Å². The number of halogens is 3. The molecule has 0 bridgehead atoms. The summed E-state index contributed by atoms with van der Waals surface area (Å²) in [7, 11) is 0. The van der Waals surface area contributed by atoms with Gasteiger partial charge in [-0.05, 0) is 56.6 Å². The Kier molecular flexibility index (Phi) is 12.2. The van der Waals surface area contributed by atoms with E-state index in [2.05, 4.69) is 94.8 Å². The molecule has 0 aliphatic heterocycles. The minimum atomic E-state index is 0. The van der Waals surface area contributed by atoms with E-state index in [9.17, 15) is 0 Å². The second kappa shape index (κ2) is 13.2. The van der Waals surface area contributed by atoms with Crippen molar-refractivity contribution in [3.05, 3.63) is 101 Å². The quantitative estimate of drug-likeness (QED) is 0.329. The third kappa shape index (κ3) is 6.07. The maximum atomic E-state index is 2.71. The maximum absolute atomic E-state index is 2.71. The number of aryl methyl sites for hydroxylation is 4. The van der Waals surface area contributed by atoms with Crippen molar-refractivity contribution in [3.63, 3.8) is 0 Å². The molecule has 5 rings (SSSR count). The van der Waals surface area contributed by atoms with Crippen molar-refractivity contribution in [2.45, 2.75) is 52.9 Å². The minimum absolute atomic E-state index is 0. The van der Waals surface area contributed by atoms with E-state index in [4.69, 9.17) is 0 Å². The van der Waals surface area contributed by atoms with E-state index in [1.807, 2.05) is 0 Å². The van der Waals surface area contributed by atoms with Crippen LogP contribution in [-0.4, -0.2) is 0 Å². The van der Waals surface area contributed by atoms with Crippen LogP contribution in [0.15, 0.2) is 60.7 Å². The van der Waals surface area contributed by atoms with Crippen molar-refractivity contribution in [2.75, 3.05) is 0 Å². The molecule has 4 heteroatoms. The van der Waals surface area contributed by atoms with Gasteiger partial charge in [0.15, 0.2) is 0 Å². The summed E-state index contributed by atoms with van der Waals surface area (Å²) in [6.07, 6.45) is 16.4. The van der Waals surface area contributed by atoms with Crippen LogP contribution < -0.4 is 37.2 Å². The van der Waals surface area contributed by atoms with Crippen molar-refractivity contribution in [1.29, 1.82) is 0 Å². The van der Waals surface area contributed by atoms with Gasteiger partial charge < -0.3 is 43.6 Å². The molecule has 2 fully saturated rings. The van der Waals surface area contributed by atoms with Crippen LogP contribution in [0.5, 0.6) is 0 Å². The van der Waals surface area contributed by atoms with Crippen molar-refractivity contribution in [3.8, 4) is 0 Å². The van der Waals surface area contributed by atoms with Gasteiger partial charge in [0, 0.05) is 5.92 Å². The Hall–Kier alpha value is -0.496. The van der Waals surface area contributed by atoms with Crippen LogP contribution in [0.1, 0.15) is 58.6 Å². The summed E-state index contributed by atoms with van der Waals surface area (Å²) >= 11 is 0. The number of hydrogen-bond donors (Lipinski definition) is 0. The average molecular weight is 550 g/mol. The monoisotopic (exact) mass is 548 g/mol. The molecule has 0 amide bonds. The predicted molar refractivity (Wildman–Crippen MR) is 128 cm³/mol. The molecule has 2 aromatic carbocycles. The number of allylic oxidation sites excluding steroid dienone is 4. The fraction of sp³-hybridized carbons (Fsp3) is 0.433. The Balaban J connectivity index is 0.00000144. The molecule has 0 aromatic heterocycles. The second-order valence-corrected chi connectivity index (χ2v) is 10.2. The Morgan fingerprint density at radius 1 is 0.706 bits per heavy atom. The molecule has 0 heterocycles. The van der Waals surface area contributed by atoms with Crippen LogP contribution in [0.3, 0.4) is 0 Å². The van der Waals surface area contributed by atoms with Gasteiger partial charge >= 0.3 is 21.7 Å². The fourth-order valence-electron chi connectivity index (χ4n) is 7.09. The van der Waals surface area contributed by atoms with E-state index in [-0.39, 0.29) is 58.9 Å². The SMILES string of the molecule is Cc1cc(C)cc(C(c2cc(C)cc(C)c2)C2C3C=CC=CC3C3CCC[CH-]C32)c1.[Cl-].[Cl-].[Cl-].[Ti+4]. The number of benzene rings is 2. The number of rotatable bonds is 3. The van der Waals surface area contributed by atoms with Crippen LogP contribution >= 0.6 is 0 Å². The topological polar surface area (TPSA) is 0 Å². The molecule has 3 aliphatic carbocycles. The van der Waals surface area contributed by atoms with Crippen molar-refractivity contribution in [2.24, 2.45) is 29.6 Å². The van der Waals surface area contributed by atoms with Gasteiger partial charge in [-0.2, -0.15) is 12.3 Å². The van der Waals surface area contributed by atoms with E-state index in [0.29, 0.717) is 29.6 Å². The van der Waals surface area contributed by atoms with Crippen molar-refractivity contribution >= 4 is 0 Å². The Labute approximate surface area is 240 Å². The summed E-state index contributed by atoms with van der Waals surface area (Å²) in [5.41, 5.74) is 8.58. The molecule has 0 radical (unpaired) electrons. The zero-order valence-electron chi connectivity index (χ0n) is 20.6. The summed E-state index contributed by atoms with van der Waals surface area (Å²) in [5.74, 6) is 3.98. The zero-order valence-corrected chi connectivity index (χ0v) is 24.4. The van der Waals surface area contributed by atoms with Gasteiger partial charge in [-0.3, -0.25) is 0 Å². The molecule has 0 spiro atoms. The second-order valence-electron chi connectivity index (χ2n) is 10.2. The molecule has 0 nitrogen and oxygen atoms in total. The van der Waals surface area contributed by atoms with Gasteiger partial charge in [0.1, 0.15) is 0 Å². The number of hydrogen-bond acceptors (Lipinski definition) is 0. The fourth-order valence-corrected chi connectivity index (χ4v) is 7.09. The molecule has 0 N–H and O–H groups in total. The Morgan fingerprint density at radius 3 is 1.68 bits per heavy atom. The molecule has 2 aromatic rings. The third-order valence-electron chi connectivity index (χ3n) is 7.87. The molecular formula is C30H35Cl3Ti. The summed E-state index contributed by atoms with van der Waals surface area (Å²) < 4.78 is 0. The Morgan fingerprint density at radius 2 is 1.18 bits per heavy atom. The first kappa shape index (κ1) is 31.5. The maximum Gasteiger partial charge on any atom is 4.00 e. The standard InChI is InChI=1S/C30H35.3ClH.Ti/c1-19-13-20(2)16-23(15-19)29(24-17-21(3)14-22(4)18-24)30-27-11-7-5-9-25(27)26-10-6-8-12-28(26)30;;;;/h5,7,9,11-18,25-30H,6,8,10H2,1-4H3;3*1H;/q-1;;;;+4/p-3. The molecule has 180 valence electrons. The molecule has 5 atom stereocenters. The summed E-state index contributed by atoms with van der Waals surface area (Å²) in [5, 5.41) is 0. The van der Waals surface area contributed by atoms with Gasteiger partial charge in [-0.25, -0.2) is 0 Å². The van der Waals surface area contributed by atoms with E-state index in [0.717, 1.165) is 5.92 Å². The molecule has 0 saturated heterocycles. The van der Waals surface area contributed by atoms with Crippen LogP contribution in [-0.2, 0) is 21.7 Å². The largest absolute Gasteiger partial charge is 4.00 e. The molecule has 5 unspecified atom stereocenters. The Bertz CT molecular complexity index is 920. The van der Waals surface area contributed by atoms with Crippen LogP contribution in [0, 0.1) is 63.7 Å². The molecule has 2 saturated carbocycles. The molecule has 34 heavy (non-hydrogen) atoms. The normalized spacial score (nSPS) is 26.3. The molecule has 3 aliphatic rings. The first-order valence-corrected chi connectivity index (χ1v) is 11.9. The predicted octanol–water partition coefficient (Wildman–Crippen LogP) is -1.33. The van der Waals surface area contributed by atoms with Gasteiger partial charge in [-0.15, -0.1) is 0 Å². The first-order valence-electron chi connectivity index (χ1n) is 11.9. The van der Waals surface area contributed by atoms with Crippen molar-refractivity contribution in [1.82, 2.24) is 0 Å². The number of fused-ring (bicyclic) bond motifs is 3. The van der Waals surface area contributed by atoms with E-state index in [1.165, 1.54) is 52.6 Å². The van der Waals surface area contributed by atoms with Crippen LogP contribution in [0.25, 0.3) is 0 Å². The summed E-state index contributed by atoms with van der Waals surface area (Å²) in [6.45, 7) is 9.02. The average Bonchev–Trinajstić information content (AvgIpc) is 3.02. The zero-order chi connectivity index (χ0) is 20.8. The van der Waals surface area contributed by atoms with E-state index in [1.54, 1.807) is 0 Å². The third-order valence-corrected chi connectivity index (χ3v) is 7.87. The van der Waals surface area contributed by atoms with Gasteiger partial charge in [0.05, 0.1) is 0 Å². The van der Waals surface area contributed by atoms with Gasteiger partial charge in [0.2, 0.25) is 0 Å². The van der Waals surface area contributed by atoms with Gasteiger partial charge in [-0.1, -0.05) is 102 Å². The van der Waals surface area contributed by atoms with E-state index >= 15 is 0 Å². The summed E-state index contributed by atoms with van der Waals surface area (Å²) in [4.78, 5) is 0. The molecular weight excluding hydrogens is 515 g/mol. The smallest absolute Gasteiger partial charge is 1.00 e. The minimum Gasteiger partial charge on any atom is -1.00 e.